The molecule has 0 aliphatic rings. The predicted octanol–water partition coefficient (Wildman–Crippen LogP) is 3.85. The maximum Gasteiger partial charge on any atom is 0.321 e. The van der Waals surface area contributed by atoms with Crippen molar-refractivity contribution in [3.8, 4) is 5.75 Å². The maximum atomic E-state index is 11.8. The van der Waals surface area contributed by atoms with E-state index in [-0.39, 0.29) is 18.2 Å². The molecular formula is C18H23N3O2. The number of benzene rings is 1. The summed E-state index contributed by atoms with van der Waals surface area (Å²) in [6, 6.07) is 9.25. The average Bonchev–Trinajstić information content (AvgIpc) is 2.48. The van der Waals surface area contributed by atoms with Crippen molar-refractivity contribution in [3.05, 3.63) is 53.9 Å². The zero-order valence-corrected chi connectivity index (χ0v) is 14.0. The first kappa shape index (κ1) is 16.8. The zero-order chi connectivity index (χ0) is 16.9. The zero-order valence-electron chi connectivity index (χ0n) is 14.0. The molecule has 0 bridgehead atoms. The van der Waals surface area contributed by atoms with Crippen molar-refractivity contribution in [1.82, 2.24) is 10.3 Å². The molecule has 1 aromatic carbocycles. The van der Waals surface area contributed by atoms with Gasteiger partial charge in [0.2, 0.25) is 0 Å². The molecule has 0 spiro atoms. The fraction of sp³-hybridized carbons (Fsp3) is 0.333. The van der Waals surface area contributed by atoms with Gasteiger partial charge in [-0.15, -0.1) is 0 Å². The normalized spacial score (nSPS) is 11.0. The van der Waals surface area contributed by atoms with Crippen molar-refractivity contribution in [2.45, 2.75) is 33.1 Å². The molecule has 0 saturated heterocycles. The molecule has 1 aromatic heterocycles. The Hall–Kier alpha value is -2.56. The smallest absolute Gasteiger partial charge is 0.321 e. The van der Waals surface area contributed by atoms with Gasteiger partial charge in [-0.05, 0) is 36.1 Å². The lowest BCUT2D eigenvalue weighted by molar-refractivity contribution is 0.233. The Morgan fingerprint density at radius 1 is 1.26 bits per heavy atom. The number of amides is 2. The highest BCUT2D eigenvalue weighted by molar-refractivity contribution is 5.88. The fourth-order valence-corrected chi connectivity index (χ4v) is 2.15. The van der Waals surface area contributed by atoms with Gasteiger partial charge in [0.1, 0.15) is 5.75 Å². The van der Waals surface area contributed by atoms with Crippen LogP contribution in [-0.4, -0.2) is 17.7 Å². The van der Waals surface area contributed by atoms with Crippen LogP contribution in [0.3, 0.4) is 0 Å². The summed E-state index contributed by atoms with van der Waals surface area (Å²) in [5.74, 6) is 0.782. The van der Waals surface area contributed by atoms with Crippen molar-refractivity contribution >= 4 is 11.7 Å². The van der Waals surface area contributed by atoms with E-state index in [4.69, 9.17) is 4.74 Å². The highest BCUT2D eigenvalue weighted by atomic mass is 16.5. The Balaban J connectivity index is 1.93. The van der Waals surface area contributed by atoms with Crippen LogP contribution in [0.1, 0.15) is 31.9 Å². The number of carbonyl (C=O) groups is 1. The maximum absolute atomic E-state index is 11.8. The Morgan fingerprint density at radius 2 is 2.04 bits per heavy atom. The average molecular weight is 313 g/mol. The number of pyridine rings is 1. The number of aromatic nitrogens is 1. The van der Waals surface area contributed by atoms with Gasteiger partial charge >= 0.3 is 6.03 Å². The highest BCUT2D eigenvalue weighted by Gasteiger charge is 2.19. The van der Waals surface area contributed by atoms with Gasteiger partial charge in [0.15, 0.2) is 6.73 Å². The highest BCUT2D eigenvalue weighted by Crippen LogP contribution is 2.31. The number of rotatable bonds is 4. The van der Waals surface area contributed by atoms with Gasteiger partial charge in [0.25, 0.3) is 0 Å². The molecule has 0 atom stereocenters. The third-order valence-corrected chi connectivity index (χ3v) is 3.32. The van der Waals surface area contributed by atoms with Crippen molar-refractivity contribution in [2.75, 3.05) is 12.0 Å². The molecule has 0 aliphatic heterocycles. The minimum absolute atomic E-state index is 0.0285. The SMILES string of the molecule is Cc1ccc(OCNC(=O)Nc2cccnc2)c(C(C)(C)C)c1. The second-order valence-corrected chi connectivity index (χ2v) is 6.41. The Morgan fingerprint density at radius 3 is 2.70 bits per heavy atom. The fourth-order valence-electron chi connectivity index (χ4n) is 2.15. The van der Waals surface area contributed by atoms with Crippen LogP contribution in [0.5, 0.6) is 5.75 Å². The van der Waals surface area contributed by atoms with E-state index in [0.717, 1.165) is 11.3 Å². The summed E-state index contributed by atoms with van der Waals surface area (Å²) in [6.07, 6.45) is 3.23. The molecule has 1 heterocycles. The van der Waals surface area contributed by atoms with Crippen LogP contribution in [-0.2, 0) is 5.41 Å². The summed E-state index contributed by atoms with van der Waals surface area (Å²) in [4.78, 5) is 15.7. The van der Waals surface area contributed by atoms with E-state index in [0.29, 0.717) is 5.69 Å². The molecule has 2 rings (SSSR count). The molecule has 0 saturated carbocycles. The molecule has 0 fully saturated rings. The molecule has 0 radical (unpaired) electrons. The van der Waals surface area contributed by atoms with Crippen molar-refractivity contribution in [1.29, 1.82) is 0 Å². The first-order chi connectivity index (χ1) is 10.9. The lowest BCUT2D eigenvalue weighted by Gasteiger charge is -2.23. The van der Waals surface area contributed by atoms with Crippen LogP contribution < -0.4 is 15.4 Å². The Labute approximate surface area is 137 Å². The van der Waals surface area contributed by atoms with Crippen molar-refractivity contribution in [3.63, 3.8) is 0 Å². The van der Waals surface area contributed by atoms with E-state index < -0.39 is 0 Å². The molecule has 0 unspecified atom stereocenters. The molecule has 0 aliphatic carbocycles. The Kier molecular flexibility index (Phi) is 5.21. The third-order valence-electron chi connectivity index (χ3n) is 3.32. The lowest BCUT2D eigenvalue weighted by atomic mass is 9.85. The number of carbonyl (C=O) groups excluding carboxylic acids is 1. The standard InChI is InChI=1S/C18H23N3O2/c1-13-7-8-16(15(10-13)18(2,3)4)23-12-20-17(22)21-14-6-5-9-19-11-14/h5-11H,12H2,1-4H3,(H2,20,21,22). The summed E-state index contributed by atoms with van der Waals surface area (Å²) in [7, 11) is 0. The van der Waals surface area contributed by atoms with E-state index in [9.17, 15) is 4.79 Å². The third kappa shape index (κ3) is 4.98. The van der Waals surface area contributed by atoms with E-state index in [1.807, 2.05) is 12.1 Å². The van der Waals surface area contributed by atoms with E-state index >= 15 is 0 Å². The van der Waals surface area contributed by atoms with Crippen molar-refractivity contribution < 1.29 is 9.53 Å². The summed E-state index contributed by atoms with van der Waals surface area (Å²) in [5, 5.41) is 5.36. The molecule has 2 N–H and O–H groups in total. The Bertz CT molecular complexity index is 664. The van der Waals surface area contributed by atoms with Crippen LogP contribution in [0.2, 0.25) is 0 Å². The molecule has 5 heteroatoms. The van der Waals surface area contributed by atoms with Gasteiger partial charge < -0.3 is 15.4 Å². The lowest BCUT2D eigenvalue weighted by Crippen LogP contribution is -2.32. The van der Waals surface area contributed by atoms with Crippen molar-refractivity contribution in [2.24, 2.45) is 0 Å². The number of hydrogen-bond acceptors (Lipinski definition) is 3. The number of hydrogen-bond donors (Lipinski definition) is 2. The van der Waals surface area contributed by atoms with Crippen LogP contribution in [0.25, 0.3) is 0 Å². The van der Waals surface area contributed by atoms with Gasteiger partial charge in [-0.1, -0.05) is 38.5 Å². The van der Waals surface area contributed by atoms with Gasteiger partial charge in [0.05, 0.1) is 11.9 Å². The second kappa shape index (κ2) is 7.13. The topological polar surface area (TPSA) is 63.2 Å². The van der Waals surface area contributed by atoms with Crippen LogP contribution in [0.4, 0.5) is 10.5 Å². The van der Waals surface area contributed by atoms with Crippen LogP contribution >= 0.6 is 0 Å². The number of nitrogens with one attached hydrogen (secondary N) is 2. The molecule has 2 aromatic rings. The van der Waals surface area contributed by atoms with Gasteiger partial charge in [0, 0.05) is 6.20 Å². The monoisotopic (exact) mass is 313 g/mol. The first-order valence-corrected chi connectivity index (χ1v) is 7.55. The summed E-state index contributed by atoms with van der Waals surface area (Å²) < 4.78 is 5.74. The summed E-state index contributed by atoms with van der Waals surface area (Å²) in [5.41, 5.74) is 2.91. The number of urea groups is 1. The van der Waals surface area contributed by atoms with Crippen LogP contribution in [0, 0.1) is 6.92 Å². The van der Waals surface area contributed by atoms with Gasteiger partial charge in [-0.2, -0.15) is 0 Å². The molecular weight excluding hydrogens is 290 g/mol. The molecule has 5 nitrogen and oxygen atoms in total. The number of aryl methyl sites for hydroxylation is 1. The molecule has 122 valence electrons. The van der Waals surface area contributed by atoms with Gasteiger partial charge in [-0.3, -0.25) is 4.98 Å². The summed E-state index contributed by atoms with van der Waals surface area (Å²) in [6.45, 7) is 8.56. The molecule has 2 amide bonds. The predicted molar refractivity (Wildman–Crippen MR) is 91.8 cm³/mol. The quantitative estimate of drug-likeness (QED) is 0.843. The minimum Gasteiger partial charge on any atom is -0.473 e. The van der Waals surface area contributed by atoms with E-state index in [2.05, 4.69) is 49.4 Å². The molecule has 23 heavy (non-hydrogen) atoms. The second-order valence-electron chi connectivity index (χ2n) is 6.41. The minimum atomic E-state index is -0.331. The number of nitrogens with zero attached hydrogens (tertiary/aromatic N) is 1. The number of anilines is 1. The van der Waals surface area contributed by atoms with E-state index in [1.54, 1.807) is 24.5 Å². The first-order valence-electron chi connectivity index (χ1n) is 7.55. The summed E-state index contributed by atoms with van der Waals surface area (Å²) >= 11 is 0. The largest absolute Gasteiger partial charge is 0.473 e. The van der Waals surface area contributed by atoms with E-state index in [1.165, 1.54) is 5.56 Å². The number of ether oxygens (including phenoxy) is 1. The van der Waals surface area contributed by atoms with Crippen LogP contribution in [0.15, 0.2) is 42.7 Å². The van der Waals surface area contributed by atoms with Gasteiger partial charge in [-0.25, -0.2) is 4.79 Å².